The normalized spacial score (nSPS) is 28.1. The van der Waals surface area contributed by atoms with Gasteiger partial charge in [0, 0.05) is 36.1 Å². The topological polar surface area (TPSA) is 54.9 Å². The molecule has 2 fully saturated rings. The molecule has 0 bridgehead atoms. The zero-order chi connectivity index (χ0) is 18.9. The van der Waals surface area contributed by atoms with Crippen molar-refractivity contribution >= 4 is 5.96 Å². The van der Waals surface area contributed by atoms with Gasteiger partial charge in [0.25, 0.3) is 0 Å². The summed E-state index contributed by atoms with van der Waals surface area (Å²) in [7, 11) is 1.72. The molecule has 1 heterocycles. The first-order valence-electron chi connectivity index (χ1n) is 9.72. The third kappa shape index (κ3) is 3.41. The number of benzene rings is 1. The maximum atomic E-state index is 5.92. The van der Waals surface area contributed by atoms with E-state index in [0.717, 1.165) is 36.8 Å². The Morgan fingerprint density at radius 1 is 1.42 bits per heavy atom. The molecule has 3 rings (SSSR count). The molecule has 0 spiro atoms. The lowest BCUT2D eigenvalue weighted by Gasteiger charge is -2.55. The van der Waals surface area contributed by atoms with E-state index in [1.807, 2.05) is 6.07 Å². The molecule has 4 unspecified atom stereocenters. The Hall–Kier alpha value is -1.75. The molecule has 0 aromatic heterocycles. The van der Waals surface area contributed by atoms with Crippen molar-refractivity contribution in [3.8, 4) is 5.75 Å². The predicted molar refractivity (Wildman–Crippen MR) is 106 cm³/mol. The highest BCUT2D eigenvalue weighted by Crippen LogP contribution is 2.52. The molecule has 1 aromatic rings. The minimum absolute atomic E-state index is 0.0986. The van der Waals surface area contributed by atoms with Crippen LogP contribution in [0.15, 0.2) is 23.2 Å². The Morgan fingerprint density at radius 3 is 2.88 bits per heavy atom. The van der Waals surface area contributed by atoms with Crippen LogP contribution in [0, 0.1) is 18.3 Å². The maximum absolute atomic E-state index is 5.92. The van der Waals surface area contributed by atoms with E-state index in [1.165, 1.54) is 5.56 Å². The Morgan fingerprint density at radius 2 is 2.19 bits per heavy atom. The predicted octanol–water partition coefficient (Wildman–Crippen LogP) is 3.43. The summed E-state index contributed by atoms with van der Waals surface area (Å²) in [6.45, 7) is 12.5. The molecular formula is C21H33N3O2. The van der Waals surface area contributed by atoms with Gasteiger partial charge in [-0.15, -0.1) is 0 Å². The van der Waals surface area contributed by atoms with Crippen LogP contribution >= 0.6 is 0 Å². The van der Waals surface area contributed by atoms with Crippen LogP contribution in [0.25, 0.3) is 0 Å². The third-order valence-electron chi connectivity index (χ3n) is 5.91. The number of aliphatic imine (C=N–C) groups is 1. The van der Waals surface area contributed by atoms with Gasteiger partial charge in [-0.1, -0.05) is 31.5 Å². The number of hydrogen-bond donors (Lipinski definition) is 2. The van der Waals surface area contributed by atoms with E-state index in [1.54, 1.807) is 7.11 Å². The van der Waals surface area contributed by atoms with Crippen molar-refractivity contribution in [2.75, 3.05) is 20.3 Å². The molecule has 5 heteroatoms. The lowest BCUT2D eigenvalue weighted by molar-refractivity contribution is -0.106. The van der Waals surface area contributed by atoms with Crippen molar-refractivity contribution in [1.29, 1.82) is 0 Å². The second-order valence-corrected chi connectivity index (χ2v) is 8.12. The van der Waals surface area contributed by atoms with Crippen LogP contribution in [0.2, 0.25) is 0 Å². The van der Waals surface area contributed by atoms with Crippen LogP contribution in [0.3, 0.4) is 0 Å². The number of fused-ring (bicyclic) bond motifs is 1. The standard InChI is InChI=1S/C21H33N3O2/c1-7-22-20(24-18-15-10-11-26-19(15)21(18,4)5)23-14(3)16-12-13(2)8-9-17(16)25-6/h8-9,12,14-15,18-19H,7,10-11H2,1-6H3,(H2,22,23,24). The van der Waals surface area contributed by atoms with E-state index in [4.69, 9.17) is 9.47 Å². The summed E-state index contributed by atoms with van der Waals surface area (Å²) in [4.78, 5) is 4.68. The molecule has 1 aromatic carbocycles. The summed E-state index contributed by atoms with van der Waals surface area (Å²) in [5.74, 6) is 2.35. The Bertz CT molecular complexity index is 671. The van der Waals surface area contributed by atoms with E-state index in [9.17, 15) is 0 Å². The van der Waals surface area contributed by atoms with Gasteiger partial charge in [0.2, 0.25) is 0 Å². The van der Waals surface area contributed by atoms with Gasteiger partial charge in [-0.2, -0.15) is 0 Å². The first-order chi connectivity index (χ1) is 12.4. The van der Waals surface area contributed by atoms with Gasteiger partial charge in [-0.25, -0.2) is 0 Å². The fourth-order valence-corrected chi connectivity index (χ4v) is 4.53. The van der Waals surface area contributed by atoms with E-state index < -0.39 is 0 Å². The smallest absolute Gasteiger partial charge is 0.191 e. The first-order valence-corrected chi connectivity index (χ1v) is 9.72. The molecule has 1 saturated carbocycles. The van der Waals surface area contributed by atoms with Crippen molar-refractivity contribution in [1.82, 2.24) is 10.6 Å². The van der Waals surface area contributed by atoms with Gasteiger partial charge >= 0.3 is 0 Å². The zero-order valence-corrected chi connectivity index (χ0v) is 16.9. The van der Waals surface area contributed by atoms with Crippen molar-refractivity contribution in [2.45, 2.75) is 59.2 Å². The van der Waals surface area contributed by atoms with Gasteiger partial charge in [0.15, 0.2) is 5.96 Å². The molecule has 4 atom stereocenters. The fourth-order valence-electron chi connectivity index (χ4n) is 4.53. The minimum atomic E-state index is 0.0986. The highest BCUT2D eigenvalue weighted by Gasteiger charge is 2.59. The molecule has 0 radical (unpaired) electrons. The number of guanidine groups is 1. The van der Waals surface area contributed by atoms with Gasteiger partial charge < -0.3 is 20.1 Å². The Kier molecular flexibility index (Phi) is 5.47. The number of nitrogens with one attached hydrogen (secondary N) is 2. The van der Waals surface area contributed by atoms with E-state index in [0.29, 0.717) is 18.1 Å². The number of nitrogens with zero attached hydrogens (tertiary/aromatic N) is 1. The number of rotatable bonds is 5. The van der Waals surface area contributed by atoms with Crippen LogP contribution in [0.1, 0.15) is 51.3 Å². The summed E-state index contributed by atoms with van der Waals surface area (Å²) >= 11 is 0. The third-order valence-corrected chi connectivity index (χ3v) is 5.91. The van der Waals surface area contributed by atoms with Crippen molar-refractivity contribution in [3.63, 3.8) is 0 Å². The van der Waals surface area contributed by atoms with Crippen LogP contribution in [-0.4, -0.2) is 38.4 Å². The molecule has 26 heavy (non-hydrogen) atoms. The first kappa shape index (κ1) is 19.0. The molecule has 0 amide bonds. The van der Waals surface area contributed by atoms with Crippen molar-refractivity contribution < 1.29 is 9.47 Å². The molecule has 2 N–H and O–H groups in total. The van der Waals surface area contributed by atoms with Crippen molar-refractivity contribution in [3.05, 3.63) is 29.3 Å². The average Bonchev–Trinajstić information content (AvgIpc) is 3.06. The van der Waals surface area contributed by atoms with Gasteiger partial charge in [-0.3, -0.25) is 4.99 Å². The Balaban J connectivity index is 1.73. The van der Waals surface area contributed by atoms with E-state index in [2.05, 4.69) is 62.4 Å². The highest BCUT2D eigenvalue weighted by molar-refractivity contribution is 5.81. The Labute approximate surface area is 157 Å². The number of hydrogen-bond acceptors (Lipinski definition) is 3. The zero-order valence-electron chi connectivity index (χ0n) is 16.9. The monoisotopic (exact) mass is 359 g/mol. The quantitative estimate of drug-likeness (QED) is 0.625. The van der Waals surface area contributed by atoms with E-state index in [-0.39, 0.29) is 11.5 Å². The van der Waals surface area contributed by atoms with Crippen molar-refractivity contribution in [2.24, 2.45) is 16.3 Å². The van der Waals surface area contributed by atoms with Crippen LogP contribution in [-0.2, 0) is 4.74 Å². The van der Waals surface area contributed by atoms with Crippen LogP contribution in [0.4, 0.5) is 0 Å². The summed E-state index contributed by atoms with van der Waals surface area (Å²) in [5.41, 5.74) is 2.50. The SMILES string of the molecule is CCN=C(NC(C)c1cc(C)ccc1OC)NC1C2CCOC2C1(C)C. The van der Waals surface area contributed by atoms with Gasteiger partial charge in [-0.05, 0) is 33.3 Å². The number of ether oxygens (including phenoxy) is 2. The molecule has 144 valence electrons. The summed E-state index contributed by atoms with van der Waals surface area (Å²) in [6, 6.07) is 6.77. The second kappa shape index (κ2) is 7.47. The number of methoxy groups -OCH3 is 1. The summed E-state index contributed by atoms with van der Waals surface area (Å²) < 4.78 is 11.5. The average molecular weight is 360 g/mol. The lowest BCUT2D eigenvalue weighted by Crippen LogP contribution is -2.68. The lowest BCUT2D eigenvalue weighted by atomic mass is 9.57. The second-order valence-electron chi connectivity index (χ2n) is 8.12. The molecule has 1 aliphatic carbocycles. The van der Waals surface area contributed by atoms with E-state index >= 15 is 0 Å². The minimum Gasteiger partial charge on any atom is -0.496 e. The summed E-state index contributed by atoms with van der Waals surface area (Å²) in [5, 5.41) is 7.26. The van der Waals surface area contributed by atoms with Crippen LogP contribution in [0.5, 0.6) is 5.75 Å². The van der Waals surface area contributed by atoms with Crippen LogP contribution < -0.4 is 15.4 Å². The molecule has 1 saturated heterocycles. The number of aryl methyl sites for hydroxylation is 1. The molecule has 5 nitrogen and oxygen atoms in total. The highest BCUT2D eigenvalue weighted by atomic mass is 16.5. The fraction of sp³-hybridized carbons (Fsp3) is 0.667. The maximum Gasteiger partial charge on any atom is 0.191 e. The van der Waals surface area contributed by atoms with Gasteiger partial charge in [0.05, 0.1) is 19.3 Å². The molecular weight excluding hydrogens is 326 g/mol. The summed E-state index contributed by atoms with van der Waals surface area (Å²) in [6.07, 6.45) is 1.50. The molecule has 1 aliphatic heterocycles. The molecule has 2 aliphatic rings. The van der Waals surface area contributed by atoms with Gasteiger partial charge in [0.1, 0.15) is 5.75 Å². The largest absolute Gasteiger partial charge is 0.496 e.